The van der Waals surface area contributed by atoms with E-state index >= 15 is 0 Å². The molecule has 4 heterocycles. The van der Waals surface area contributed by atoms with Crippen LogP contribution in [0.15, 0.2) is 35.4 Å². The van der Waals surface area contributed by atoms with Gasteiger partial charge in [-0.1, -0.05) is 18.5 Å². The lowest BCUT2D eigenvalue weighted by Gasteiger charge is -2.36. The number of fused-ring (bicyclic) bond motifs is 1. The summed E-state index contributed by atoms with van der Waals surface area (Å²) in [5.41, 5.74) is 4.74. The highest BCUT2D eigenvalue weighted by Gasteiger charge is 2.20. The molecule has 8 heteroatoms. The normalized spacial score (nSPS) is 14.9. The maximum absolute atomic E-state index is 12.1. The van der Waals surface area contributed by atoms with Crippen molar-refractivity contribution in [1.82, 2.24) is 19.9 Å². The lowest BCUT2D eigenvalue weighted by Crippen LogP contribution is -2.46. The van der Waals surface area contributed by atoms with Crippen LogP contribution in [0.3, 0.4) is 0 Å². The van der Waals surface area contributed by atoms with Gasteiger partial charge in [-0.25, -0.2) is 4.98 Å². The van der Waals surface area contributed by atoms with Crippen molar-refractivity contribution in [2.75, 3.05) is 31.1 Å². The first-order chi connectivity index (χ1) is 14.1. The number of pyridine rings is 3. The van der Waals surface area contributed by atoms with Crippen LogP contribution >= 0.6 is 11.6 Å². The second-order valence-electron chi connectivity index (χ2n) is 7.15. The van der Waals surface area contributed by atoms with Crippen LogP contribution in [0.5, 0.6) is 0 Å². The standard InChI is InChI=1S/C21H21ClN6O/c1-2-15-8-17-18(26-21(15)29)7-14(11-24-17)13-27-3-5-28(6-4-27)19-12-25-20(22)9-16(19)10-23/h7-9,11-12H,2-6,13H2,1H3,(H,26,29). The van der Waals surface area contributed by atoms with Crippen molar-refractivity contribution in [1.29, 1.82) is 5.26 Å². The Morgan fingerprint density at radius 1 is 1.17 bits per heavy atom. The number of H-pyrrole nitrogens is 1. The summed E-state index contributed by atoms with van der Waals surface area (Å²) >= 11 is 5.90. The van der Waals surface area contributed by atoms with Crippen molar-refractivity contribution in [3.63, 3.8) is 0 Å². The van der Waals surface area contributed by atoms with Gasteiger partial charge in [0.25, 0.3) is 5.56 Å². The van der Waals surface area contributed by atoms with Gasteiger partial charge in [-0.15, -0.1) is 0 Å². The predicted octanol–water partition coefficient (Wildman–Crippen LogP) is 2.73. The first-order valence-electron chi connectivity index (χ1n) is 9.61. The maximum atomic E-state index is 12.1. The quantitative estimate of drug-likeness (QED) is 0.668. The molecule has 3 aromatic rings. The number of halogens is 1. The molecule has 1 saturated heterocycles. The second kappa shape index (κ2) is 8.19. The predicted molar refractivity (Wildman–Crippen MR) is 113 cm³/mol. The molecule has 1 fully saturated rings. The molecule has 7 nitrogen and oxygen atoms in total. The molecule has 148 valence electrons. The SMILES string of the molecule is CCc1cc2ncc(CN3CCN(c4cnc(Cl)cc4C#N)CC3)cc2[nH]c1=O. The fourth-order valence-corrected chi connectivity index (χ4v) is 3.84. The van der Waals surface area contributed by atoms with E-state index in [0.29, 0.717) is 17.1 Å². The van der Waals surface area contributed by atoms with E-state index < -0.39 is 0 Å². The molecular formula is C21H21ClN6O. The van der Waals surface area contributed by atoms with Crippen molar-refractivity contribution in [3.8, 4) is 6.07 Å². The topological polar surface area (TPSA) is 88.9 Å². The molecule has 1 N–H and O–H groups in total. The summed E-state index contributed by atoms with van der Waals surface area (Å²) in [4.78, 5) is 28.2. The average Bonchev–Trinajstić information content (AvgIpc) is 2.73. The number of aromatic amines is 1. The number of nitrogens with one attached hydrogen (secondary N) is 1. The number of rotatable bonds is 4. The number of aryl methyl sites for hydroxylation is 1. The van der Waals surface area contributed by atoms with Crippen LogP contribution in [0.2, 0.25) is 5.15 Å². The minimum Gasteiger partial charge on any atom is -0.367 e. The Hall–Kier alpha value is -2.95. The van der Waals surface area contributed by atoms with Gasteiger partial charge in [-0.2, -0.15) is 5.26 Å². The molecular weight excluding hydrogens is 388 g/mol. The minimum atomic E-state index is -0.0440. The number of anilines is 1. The van der Waals surface area contributed by atoms with Crippen LogP contribution in [-0.2, 0) is 13.0 Å². The van der Waals surface area contributed by atoms with Crippen molar-refractivity contribution >= 4 is 28.3 Å². The largest absolute Gasteiger partial charge is 0.367 e. The summed E-state index contributed by atoms with van der Waals surface area (Å²) in [6.07, 6.45) is 4.24. The second-order valence-corrected chi connectivity index (χ2v) is 7.54. The summed E-state index contributed by atoms with van der Waals surface area (Å²) < 4.78 is 0. The Morgan fingerprint density at radius 3 is 2.69 bits per heavy atom. The zero-order chi connectivity index (χ0) is 20.4. The molecule has 0 spiro atoms. The number of nitrogens with zero attached hydrogens (tertiary/aromatic N) is 5. The molecule has 1 aliphatic heterocycles. The summed E-state index contributed by atoms with van der Waals surface area (Å²) in [7, 11) is 0. The highest BCUT2D eigenvalue weighted by atomic mass is 35.5. The van der Waals surface area contributed by atoms with Gasteiger partial charge in [-0.3, -0.25) is 14.7 Å². The number of aromatic nitrogens is 3. The molecule has 1 aliphatic rings. The van der Waals surface area contributed by atoms with E-state index in [-0.39, 0.29) is 5.56 Å². The average molecular weight is 409 g/mol. The van der Waals surface area contributed by atoms with Gasteiger partial charge in [0, 0.05) is 44.5 Å². The minimum absolute atomic E-state index is 0.0440. The fraction of sp³-hybridized carbons (Fsp3) is 0.333. The fourth-order valence-electron chi connectivity index (χ4n) is 3.69. The molecule has 0 aromatic carbocycles. The lowest BCUT2D eigenvalue weighted by molar-refractivity contribution is 0.249. The monoisotopic (exact) mass is 408 g/mol. The smallest absolute Gasteiger partial charge is 0.251 e. The Morgan fingerprint density at radius 2 is 1.97 bits per heavy atom. The van der Waals surface area contributed by atoms with Crippen LogP contribution in [0.4, 0.5) is 5.69 Å². The van der Waals surface area contributed by atoms with E-state index in [2.05, 4.69) is 30.8 Å². The molecule has 4 rings (SSSR count). The summed E-state index contributed by atoms with van der Waals surface area (Å²) in [6.45, 7) is 6.04. The molecule has 0 saturated carbocycles. The summed E-state index contributed by atoms with van der Waals surface area (Å²) in [5.74, 6) is 0. The molecule has 0 aliphatic carbocycles. The molecule has 0 unspecified atom stereocenters. The first kappa shape index (κ1) is 19.4. The first-order valence-corrected chi connectivity index (χ1v) is 9.99. The van der Waals surface area contributed by atoms with Crippen LogP contribution in [0.25, 0.3) is 11.0 Å². The number of piperazine rings is 1. The van der Waals surface area contributed by atoms with Crippen molar-refractivity contribution < 1.29 is 0 Å². The molecule has 0 radical (unpaired) electrons. The summed E-state index contributed by atoms with van der Waals surface area (Å²) in [6, 6.07) is 7.67. The van der Waals surface area contributed by atoms with Gasteiger partial charge in [0.2, 0.25) is 0 Å². The van der Waals surface area contributed by atoms with Gasteiger partial charge >= 0.3 is 0 Å². The Balaban J connectivity index is 1.45. The van der Waals surface area contributed by atoms with Crippen molar-refractivity contribution in [2.45, 2.75) is 19.9 Å². The number of nitriles is 1. The molecule has 0 atom stereocenters. The zero-order valence-electron chi connectivity index (χ0n) is 16.2. The zero-order valence-corrected chi connectivity index (χ0v) is 16.9. The van der Waals surface area contributed by atoms with Crippen molar-refractivity contribution in [2.24, 2.45) is 0 Å². The van der Waals surface area contributed by atoms with E-state index in [0.717, 1.165) is 60.6 Å². The lowest BCUT2D eigenvalue weighted by atomic mass is 10.1. The third-order valence-corrected chi connectivity index (χ3v) is 5.50. The highest BCUT2D eigenvalue weighted by molar-refractivity contribution is 6.29. The van der Waals surface area contributed by atoms with E-state index in [1.54, 1.807) is 12.3 Å². The van der Waals surface area contributed by atoms with E-state index in [4.69, 9.17) is 11.6 Å². The molecule has 29 heavy (non-hydrogen) atoms. The summed E-state index contributed by atoms with van der Waals surface area (Å²) in [5, 5.41) is 9.68. The Labute approximate surface area is 173 Å². The van der Waals surface area contributed by atoms with Crippen LogP contribution < -0.4 is 10.5 Å². The van der Waals surface area contributed by atoms with Crippen LogP contribution in [0.1, 0.15) is 23.6 Å². The van der Waals surface area contributed by atoms with Gasteiger partial charge in [-0.05, 0) is 30.2 Å². The molecule has 0 bridgehead atoms. The van der Waals surface area contributed by atoms with Crippen molar-refractivity contribution in [3.05, 3.63) is 62.8 Å². The van der Waals surface area contributed by atoms with Crippen LogP contribution in [0, 0.1) is 11.3 Å². The highest BCUT2D eigenvalue weighted by Crippen LogP contribution is 2.23. The van der Waals surface area contributed by atoms with Gasteiger partial charge in [0.15, 0.2) is 0 Å². The van der Waals surface area contributed by atoms with E-state index in [1.165, 1.54) is 0 Å². The Bertz CT molecular complexity index is 1140. The van der Waals surface area contributed by atoms with E-state index in [9.17, 15) is 10.1 Å². The molecule has 3 aromatic heterocycles. The number of hydrogen-bond donors (Lipinski definition) is 1. The third-order valence-electron chi connectivity index (χ3n) is 5.30. The van der Waals surface area contributed by atoms with E-state index in [1.807, 2.05) is 25.3 Å². The van der Waals surface area contributed by atoms with Gasteiger partial charge in [0.1, 0.15) is 11.2 Å². The van der Waals surface area contributed by atoms with Gasteiger partial charge in [0.05, 0.1) is 28.5 Å². The Kier molecular flexibility index (Phi) is 5.47. The third kappa shape index (κ3) is 4.09. The maximum Gasteiger partial charge on any atom is 0.251 e. The molecule has 0 amide bonds. The van der Waals surface area contributed by atoms with Crippen LogP contribution in [-0.4, -0.2) is 46.0 Å². The number of hydrogen-bond acceptors (Lipinski definition) is 6. The van der Waals surface area contributed by atoms with Gasteiger partial charge < -0.3 is 9.88 Å².